The van der Waals surface area contributed by atoms with Crippen molar-refractivity contribution in [2.45, 2.75) is 114 Å². The third-order valence-corrected chi connectivity index (χ3v) is 10.6. The van der Waals surface area contributed by atoms with Crippen LogP contribution >= 0.6 is 15.9 Å². The van der Waals surface area contributed by atoms with E-state index in [1.54, 1.807) is 46.3 Å². The molecular formula is C46H69BrN14O4. The number of Topliss-reactive ketones (excluding diaryl/α,β-unsaturated/α-hetero) is 1. The summed E-state index contributed by atoms with van der Waals surface area (Å²) in [6.07, 6.45) is 2.04. The number of hydrazine groups is 1. The van der Waals surface area contributed by atoms with Crippen LogP contribution in [0.25, 0.3) is 33.1 Å². The number of nitrogens with two attached hydrogens (primary N) is 2. The van der Waals surface area contributed by atoms with Crippen LogP contribution in [0.4, 0.5) is 11.6 Å². The van der Waals surface area contributed by atoms with Gasteiger partial charge in [0, 0.05) is 56.8 Å². The van der Waals surface area contributed by atoms with Crippen LogP contribution in [0.15, 0.2) is 39.9 Å². The van der Waals surface area contributed by atoms with E-state index in [1.807, 2.05) is 66.5 Å². The molecule has 6 N–H and O–H groups in total. The summed E-state index contributed by atoms with van der Waals surface area (Å²) < 4.78 is 12.5. The summed E-state index contributed by atoms with van der Waals surface area (Å²) in [4.78, 5) is 45.0. The monoisotopic (exact) mass is 960 g/mol. The number of ether oxygens (including phenoxy) is 1. The number of aryl methyl sites for hydroxylation is 7. The smallest absolute Gasteiger partial charge is 0.313 e. The number of pyridine rings is 3. The largest absolute Gasteiger partial charge is 0.466 e. The molecule has 0 amide bonds. The minimum absolute atomic E-state index is 0.0385. The maximum atomic E-state index is 11.5. The quantitative estimate of drug-likeness (QED) is 0.0352. The van der Waals surface area contributed by atoms with Gasteiger partial charge in [-0.1, -0.05) is 55.4 Å². The molecule has 0 bridgehead atoms. The van der Waals surface area contributed by atoms with Gasteiger partial charge >= 0.3 is 5.97 Å². The first-order valence-electron chi connectivity index (χ1n) is 21.7. The maximum absolute atomic E-state index is 11.5. The van der Waals surface area contributed by atoms with Crippen molar-refractivity contribution in [3.63, 3.8) is 0 Å². The number of aromatic amines is 1. The number of aromatic nitrogens is 11. The number of anilines is 2. The number of hydrogen-bond donors (Lipinski definition) is 4. The molecule has 7 rings (SSSR count). The normalized spacial score (nSPS) is 11.0. The fourth-order valence-corrected chi connectivity index (χ4v) is 7.58. The molecule has 0 atom stereocenters. The molecular weight excluding hydrogens is 893 g/mol. The summed E-state index contributed by atoms with van der Waals surface area (Å²) >= 11 is 3.44. The third-order valence-electron chi connectivity index (χ3n) is 10.2. The number of ketones is 1. The molecule has 7 aromatic rings. The van der Waals surface area contributed by atoms with Crippen molar-refractivity contribution in [2.75, 3.05) is 17.8 Å². The number of esters is 1. The number of rotatable bonds is 9. The Hall–Kier alpha value is -5.95. The SMILES string of the molecule is CCOC(=O)CC(=O)CC(C)C.Cc1nn(C)c2[nH]c(=O)cc(C(C)C)c12.Cc1nn(C)c2nc(Br)cc(C(C)C)c12.Cc1nn(C)c2nc(NN)cc(C(C)C)c12.Cn1nccc1N. The molecule has 0 aliphatic carbocycles. The lowest BCUT2D eigenvalue weighted by Crippen LogP contribution is -2.12. The zero-order valence-corrected chi connectivity index (χ0v) is 42.5. The van der Waals surface area contributed by atoms with Gasteiger partial charge < -0.3 is 20.9 Å². The second-order valence-electron chi connectivity index (χ2n) is 17.1. The van der Waals surface area contributed by atoms with Crippen molar-refractivity contribution in [3.8, 4) is 0 Å². The molecule has 0 spiro atoms. The molecule has 7 aromatic heterocycles. The average molecular weight is 962 g/mol. The highest BCUT2D eigenvalue weighted by Gasteiger charge is 2.17. The Labute approximate surface area is 390 Å². The maximum Gasteiger partial charge on any atom is 0.313 e. The van der Waals surface area contributed by atoms with Crippen molar-refractivity contribution >= 4 is 72.4 Å². The molecule has 0 aromatic carbocycles. The second kappa shape index (κ2) is 23.8. The number of nitrogen functional groups attached to an aromatic ring is 2. The molecule has 19 heteroatoms. The van der Waals surface area contributed by atoms with Crippen LogP contribution in [0, 0.1) is 26.7 Å². The van der Waals surface area contributed by atoms with Gasteiger partial charge in [-0.15, -0.1) is 0 Å². The molecule has 0 saturated carbocycles. The molecule has 0 fully saturated rings. The van der Waals surface area contributed by atoms with Gasteiger partial charge in [-0.05, 0) is 102 Å². The van der Waals surface area contributed by atoms with E-state index in [2.05, 4.69) is 109 Å². The van der Waals surface area contributed by atoms with Gasteiger partial charge in [0.25, 0.3) is 0 Å². The first-order valence-corrected chi connectivity index (χ1v) is 22.5. The van der Waals surface area contributed by atoms with E-state index in [0.717, 1.165) is 55.0 Å². The van der Waals surface area contributed by atoms with Gasteiger partial charge in [0.05, 0.1) is 29.9 Å². The van der Waals surface area contributed by atoms with Crippen LogP contribution in [-0.4, -0.2) is 72.4 Å². The Balaban J connectivity index is 0.000000220. The lowest BCUT2D eigenvalue weighted by molar-refractivity contribution is -0.145. The predicted molar refractivity (Wildman–Crippen MR) is 264 cm³/mol. The average Bonchev–Trinajstić information content (AvgIpc) is 3.92. The van der Waals surface area contributed by atoms with Crippen molar-refractivity contribution in [1.29, 1.82) is 0 Å². The van der Waals surface area contributed by atoms with E-state index >= 15 is 0 Å². The number of hydrogen-bond acceptors (Lipinski definition) is 13. The minimum atomic E-state index is -0.414. The van der Waals surface area contributed by atoms with Crippen molar-refractivity contribution in [3.05, 3.63) is 79.2 Å². The summed E-state index contributed by atoms with van der Waals surface area (Å²) in [7, 11) is 7.47. The number of nitrogens with one attached hydrogen (secondary N) is 2. The van der Waals surface area contributed by atoms with E-state index in [1.165, 1.54) is 16.5 Å². The van der Waals surface area contributed by atoms with Gasteiger partial charge in [0.15, 0.2) is 11.3 Å². The number of H-pyrrole nitrogens is 1. The summed E-state index contributed by atoms with van der Waals surface area (Å²) in [5, 5.41) is 20.3. The third kappa shape index (κ3) is 14.3. The van der Waals surface area contributed by atoms with E-state index in [-0.39, 0.29) is 17.8 Å². The molecule has 0 radical (unpaired) electrons. The number of carbonyl (C=O) groups is 2. The molecule has 0 aliphatic rings. The van der Waals surface area contributed by atoms with Gasteiger partial charge in [0.2, 0.25) is 5.56 Å². The first-order chi connectivity index (χ1) is 30.4. The molecule has 65 heavy (non-hydrogen) atoms. The highest BCUT2D eigenvalue weighted by atomic mass is 79.9. The molecule has 0 unspecified atom stereocenters. The van der Waals surface area contributed by atoms with Crippen LogP contribution in [0.1, 0.15) is 127 Å². The topological polar surface area (TPSA) is 237 Å². The van der Waals surface area contributed by atoms with Crippen LogP contribution < -0.4 is 22.6 Å². The van der Waals surface area contributed by atoms with Gasteiger partial charge in [-0.3, -0.25) is 33.1 Å². The summed E-state index contributed by atoms with van der Waals surface area (Å²) in [6.45, 7) is 24.8. The van der Waals surface area contributed by atoms with Gasteiger partial charge in [0.1, 0.15) is 34.1 Å². The number of nitrogens with zero attached hydrogens (tertiary/aromatic N) is 10. The van der Waals surface area contributed by atoms with E-state index in [4.69, 9.17) is 11.6 Å². The highest BCUT2D eigenvalue weighted by Crippen LogP contribution is 2.30. The van der Waals surface area contributed by atoms with Crippen molar-refractivity contribution in [2.24, 2.45) is 40.0 Å². The number of fused-ring (bicyclic) bond motifs is 3. The van der Waals surface area contributed by atoms with Gasteiger partial charge in [-0.25, -0.2) is 15.8 Å². The number of carbonyl (C=O) groups excluding carboxylic acids is 2. The van der Waals surface area contributed by atoms with Crippen molar-refractivity contribution in [1.82, 2.24) is 54.1 Å². The standard InChI is InChI=1S/C11H14BrN3.C11H17N5.C11H15N3O.C9H16O3.C4H7N3/c1-6(2)8-5-9(12)13-11-10(8)7(3)14-15(11)4;1-6(2)8-5-9(14-12)13-11-10(8)7(3)15-16(11)4;1-6(2)8-5-9(15)12-11-10(8)7(3)13-14(11)4;1-4-12-9(11)6-8(10)5-7(2)3;1-7-4(5)2-3-6-7/h5-6H,1-4H3;5-6H,12H2,1-4H3,(H,13,14);5-6H,1-4H3,(H,12,15);7H,4-6H2,1-3H3;2-3H,5H2,1H3. The zero-order chi connectivity index (χ0) is 49.0. The lowest BCUT2D eigenvalue weighted by Gasteiger charge is -2.10. The Kier molecular flexibility index (Phi) is 19.6. The summed E-state index contributed by atoms with van der Waals surface area (Å²) in [5.74, 6) is 7.89. The van der Waals surface area contributed by atoms with Crippen LogP contribution in [0.3, 0.4) is 0 Å². The van der Waals surface area contributed by atoms with Crippen molar-refractivity contribution < 1.29 is 14.3 Å². The van der Waals surface area contributed by atoms with E-state index in [9.17, 15) is 14.4 Å². The molecule has 354 valence electrons. The summed E-state index contributed by atoms with van der Waals surface area (Å²) in [6, 6.07) is 7.49. The van der Waals surface area contributed by atoms with E-state index in [0.29, 0.717) is 48.3 Å². The molecule has 0 aliphatic heterocycles. The summed E-state index contributed by atoms with van der Waals surface area (Å²) in [5.41, 5.74) is 17.1. The fourth-order valence-electron chi connectivity index (χ4n) is 7.16. The highest BCUT2D eigenvalue weighted by molar-refractivity contribution is 9.10. The predicted octanol–water partition coefficient (Wildman–Crippen LogP) is 8.10. The second-order valence-corrected chi connectivity index (χ2v) is 17.9. The molecule has 7 heterocycles. The van der Waals surface area contributed by atoms with Crippen LogP contribution in [0.5, 0.6) is 0 Å². The lowest BCUT2D eigenvalue weighted by atomic mass is 10.00. The van der Waals surface area contributed by atoms with Gasteiger partial charge in [-0.2, -0.15) is 20.4 Å². The fraction of sp³-hybridized carbons (Fsp3) is 0.500. The zero-order valence-electron chi connectivity index (χ0n) is 41.0. The Morgan fingerprint density at radius 3 is 1.69 bits per heavy atom. The Morgan fingerprint density at radius 1 is 0.754 bits per heavy atom. The van der Waals surface area contributed by atoms with Crippen LogP contribution in [0.2, 0.25) is 0 Å². The number of halogens is 1. The van der Waals surface area contributed by atoms with Crippen LogP contribution in [-0.2, 0) is 42.5 Å². The minimum Gasteiger partial charge on any atom is -0.466 e. The Morgan fingerprint density at radius 2 is 1.25 bits per heavy atom. The molecule has 18 nitrogen and oxygen atoms in total. The first kappa shape index (κ1) is 53.4. The Bertz CT molecular complexity index is 2740. The van der Waals surface area contributed by atoms with E-state index < -0.39 is 5.97 Å². The molecule has 0 saturated heterocycles.